The zero-order valence-corrected chi connectivity index (χ0v) is 8.22. The van der Waals surface area contributed by atoms with Crippen LogP contribution in [0.1, 0.15) is 11.7 Å². The van der Waals surface area contributed by atoms with E-state index >= 15 is 0 Å². The summed E-state index contributed by atoms with van der Waals surface area (Å²) in [6, 6.07) is -1.20. The summed E-state index contributed by atoms with van der Waals surface area (Å²) in [5.74, 6) is -1.16. The molecule has 1 unspecified atom stereocenters. The van der Waals surface area contributed by atoms with Crippen molar-refractivity contribution in [3.63, 3.8) is 0 Å². The highest BCUT2D eigenvalue weighted by atomic mass is 35.5. The predicted molar refractivity (Wildman–Crippen MR) is 52.6 cm³/mol. The van der Waals surface area contributed by atoms with Crippen LogP contribution < -0.4 is 5.73 Å². The van der Waals surface area contributed by atoms with Gasteiger partial charge in [-0.1, -0.05) is 0 Å². The highest BCUT2D eigenvalue weighted by Crippen LogP contribution is 2.20. The summed E-state index contributed by atoms with van der Waals surface area (Å²) in [7, 11) is 0. The minimum absolute atomic E-state index is 0.166. The van der Waals surface area contributed by atoms with Crippen LogP contribution in [0.5, 0.6) is 0 Å². The molecule has 0 saturated carbocycles. The van der Waals surface area contributed by atoms with Crippen molar-refractivity contribution >= 4 is 23.1 Å². The second-order valence-electron chi connectivity index (χ2n) is 2.91. The summed E-state index contributed by atoms with van der Waals surface area (Å²) in [6.07, 6.45) is 4.58. The van der Waals surface area contributed by atoms with Gasteiger partial charge in [-0.25, -0.2) is 4.98 Å². The van der Waals surface area contributed by atoms with Crippen LogP contribution in [0, 0.1) is 0 Å². The van der Waals surface area contributed by atoms with E-state index in [0.717, 1.165) is 0 Å². The second kappa shape index (κ2) is 3.48. The fourth-order valence-corrected chi connectivity index (χ4v) is 1.51. The Hall–Kier alpha value is -1.66. The topological polar surface area (TPSA) is 93.5 Å². The molecule has 0 aliphatic heterocycles. The van der Waals surface area contributed by atoms with E-state index < -0.39 is 12.0 Å². The average molecular weight is 227 g/mol. The SMILES string of the molecule is NC(C(=O)O)c1nc(Cl)n2ccncc12. The number of nitrogens with zero attached hydrogens (tertiary/aromatic N) is 3. The molecule has 0 radical (unpaired) electrons. The molecule has 6 nitrogen and oxygen atoms in total. The quantitative estimate of drug-likeness (QED) is 0.776. The van der Waals surface area contributed by atoms with Gasteiger partial charge in [0.05, 0.1) is 17.4 Å². The van der Waals surface area contributed by atoms with Crippen LogP contribution >= 0.6 is 11.6 Å². The number of carboxylic acids is 1. The van der Waals surface area contributed by atoms with Gasteiger partial charge in [0.1, 0.15) is 6.04 Å². The molecule has 0 fully saturated rings. The third-order valence-electron chi connectivity index (χ3n) is 1.99. The molecule has 78 valence electrons. The normalized spacial score (nSPS) is 12.9. The summed E-state index contributed by atoms with van der Waals surface area (Å²) in [5, 5.41) is 8.93. The van der Waals surface area contributed by atoms with Crippen LogP contribution in [0.25, 0.3) is 5.52 Å². The molecule has 3 N–H and O–H groups in total. The van der Waals surface area contributed by atoms with Crippen LogP contribution in [0.4, 0.5) is 0 Å². The van der Waals surface area contributed by atoms with Crippen LogP contribution in [0.2, 0.25) is 5.28 Å². The molecular formula is C8H7ClN4O2. The number of carbonyl (C=O) groups is 1. The van der Waals surface area contributed by atoms with Crippen LogP contribution in [-0.4, -0.2) is 25.4 Å². The van der Waals surface area contributed by atoms with Gasteiger partial charge in [0.25, 0.3) is 0 Å². The first-order valence-electron chi connectivity index (χ1n) is 4.07. The Morgan fingerprint density at radius 3 is 3.07 bits per heavy atom. The molecular weight excluding hydrogens is 220 g/mol. The molecule has 0 aliphatic rings. The molecule has 2 aromatic heterocycles. The van der Waals surface area contributed by atoms with Gasteiger partial charge in [0, 0.05) is 12.4 Å². The number of halogens is 1. The Kier molecular flexibility index (Phi) is 2.29. The number of rotatable bonds is 2. The average Bonchev–Trinajstić information content (AvgIpc) is 2.56. The molecule has 1 atom stereocenters. The van der Waals surface area contributed by atoms with E-state index in [9.17, 15) is 4.79 Å². The first kappa shape index (κ1) is 9.88. The maximum absolute atomic E-state index is 10.7. The van der Waals surface area contributed by atoms with Crippen molar-refractivity contribution in [2.24, 2.45) is 5.73 Å². The number of carboxylic acid groups (broad SMARTS) is 1. The molecule has 0 spiro atoms. The van der Waals surface area contributed by atoms with Crippen molar-refractivity contribution in [1.29, 1.82) is 0 Å². The number of aromatic nitrogens is 3. The zero-order valence-electron chi connectivity index (χ0n) is 7.46. The van der Waals surface area contributed by atoms with E-state index in [1.54, 1.807) is 6.20 Å². The predicted octanol–water partition coefficient (Wildman–Crippen LogP) is 0.467. The zero-order chi connectivity index (χ0) is 11.0. The Morgan fingerprint density at radius 1 is 1.67 bits per heavy atom. The van der Waals surface area contributed by atoms with Crippen molar-refractivity contribution in [2.45, 2.75) is 6.04 Å². The Labute approximate surface area is 89.3 Å². The number of imidazole rings is 1. The van der Waals surface area contributed by atoms with Gasteiger partial charge < -0.3 is 10.8 Å². The third-order valence-corrected chi connectivity index (χ3v) is 2.26. The lowest BCUT2D eigenvalue weighted by Crippen LogP contribution is -2.21. The van der Waals surface area contributed by atoms with Crippen molar-refractivity contribution in [3.05, 3.63) is 29.6 Å². The summed E-state index contributed by atoms with van der Waals surface area (Å²) in [6.45, 7) is 0. The fraction of sp³-hybridized carbons (Fsp3) is 0.125. The molecule has 2 rings (SSSR count). The standard InChI is InChI=1S/C8H7ClN4O2/c9-8-12-6(5(10)7(14)15)4-3-11-1-2-13(4)8/h1-3,5H,10H2,(H,14,15). The Bertz CT molecular complexity index is 524. The maximum atomic E-state index is 10.7. The van der Waals surface area contributed by atoms with Crippen molar-refractivity contribution < 1.29 is 9.90 Å². The summed E-state index contributed by atoms with van der Waals surface area (Å²) in [4.78, 5) is 18.5. The van der Waals surface area contributed by atoms with Crippen molar-refractivity contribution in [2.75, 3.05) is 0 Å². The minimum atomic E-state index is -1.20. The van der Waals surface area contributed by atoms with Crippen molar-refractivity contribution in [3.8, 4) is 0 Å². The Balaban J connectivity index is 2.67. The van der Waals surface area contributed by atoms with Crippen LogP contribution in [0.15, 0.2) is 18.6 Å². The number of fused-ring (bicyclic) bond motifs is 1. The van der Waals surface area contributed by atoms with E-state index in [0.29, 0.717) is 5.52 Å². The van der Waals surface area contributed by atoms with Gasteiger partial charge in [-0.3, -0.25) is 14.2 Å². The molecule has 2 heterocycles. The third kappa shape index (κ3) is 1.53. The summed E-state index contributed by atoms with van der Waals surface area (Å²) >= 11 is 5.80. The monoisotopic (exact) mass is 226 g/mol. The maximum Gasteiger partial charge on any atom is 0.326 e. The van der Waals surface area contributed by atoms with Crippen LogP contribution in [-0.2, 0) is 4.79 Å². The first-order valence-corrected chi connectivity index (χ1v) is 4.45. The molecule has 7 heteroatoms. The van der Waals surface area contributed by atoms with E-state index in [-0.39, 0.29) is 11.0 Å². The fourth-order valence-electron chi connectivity index (χ4n) is 1.27. The molecule has 0 aromatic carbocycles. The van der Waals surface area contributed by atoms with Crippen LogP contribution in [0.3, 0.4) is 0 Å². The van der Waals surface area contributed by atoms with Gasteiger partial charge in [0.2, 0.25) is 5.28 Å². The lowest BCUT2D eigenvalue weighted by Gasteiger charge is -2.02. The molecule has 15 heavy (non-hydrogen) atoms. The summed E-state index contributed by atoms with van der Waals surface area (Å²) < 4.78 is 1.52. The highest BCUT2D eigenvalue weighted by molar-refractivity contribution is 6.28. The smallest absolute Gasteiger partial charge is 0.326 e. The van der Waals surface area contributed by atoms with Gasteiger partial charge >= 0.3 is 5.97 Å². The number of nitrogens with two attached hydrogens (primary N) is 1. The largest absolute Gasteiger partial charge is 0.480 e. The highest BCUT2D eigenvalue weighted by Gasteiger charge is 2.21. The lowest BCUT2D eigenvalue weighted by molar-refractivity contribution is -0.138. The molecule has 0 saturated heterocycles. The second-order valence-corrected chi connectivity index (χ2v) is 3.25. The van der Waals surface area contributed by atoms with E-state index in [1.807, 2.05) is 0 Å². The van der Waals surface area contributed by atoms with Gasteiger partial charge in [-0.15, -0.1) is 0 Å². The number of aliphatic carboxylic acids is 1. The Morgan fingerprint density at radius 2 is 2.40 bits per heavy atom. The van der Waals surface area contributed by atoms with Gasteiger partial charge in [-0.2, -0.15) is 0 Å². The van der Waals surface area contributed by atoms with Gasteiger partial charge in [-0.05, 0) is 11.6 Å². The van der Waals surface area contributed by atoms with E-state index in [2.05, 4.69) is 9.97 Å². The molecule has 0 amide bonds. The number of hydrogen-bond acceptors (Lipinski definition) is 4. The molecule has 0 bridgehead atoms. The van der Waals surface area contributed by atoms with Gasteiger partial charge in [0.15, 0.2) is 0 Å². The summed E-state index contributed by atoms with van der Waals surface area (Å²) in [5.41, 5.74) is 6.16. The number of hydrogen-bond donors (Lipinski definition) is 2. The minimum Gasteiger partial charge on any atom is -0.480 e. The molecule has 0 aliphatic carbocycles. The first-order chi connectivity index (χ1) is 7.11. The van der Waals surface area contributed by atoms with E-state index in [1.165, 1.54) is 16.8 Å². The molecule has 2 aromatic rings. The lowest BCUT2D eigenvalue weighted by atomic mass is 10.2. The van der Waals surface area contributed by atoms with E-state index in [4.69, 9.17) is 22.4 Å². The van der Waals surface area contributed by atoms with Crippen molar-refractivity contribution in [1.82, 2.24) is 14.4 Å².